The quantitative estimate of drug-likeness (QED) is 0.405. The van der Waals surface area contributed by atoms with Crippen LogP contribution in [0.2, 0.25) is 0 Å². The molecule has 2 aromatic carbocycles. The number of halogens is 1. The Balaban J connectivity index is 1.38. The Bertz CT molecular complexity index is 1290. The molecule has 0 aliphatic carbocycles. The first-order valence-electron chi connectivity index (χ1n) is 10.4. The second-order valence-electron chi connectivity index (χ2n) is 7.32. The van der Waals surface area contributed by atoms with Gasteiger partial charge in [-0.15, -0.1) is 10.2 Å². The largest absolute Gasteiger partial charge is 0.272 e. The molecule has 0 saturated carbocycles. The molecule has 0 fully saturated rings. The normalized spacial score (nSPS) is 13.2. The van der Waals surface area contributed by atoms with Crippen LogP contribution < -0.4 is 0 Å². The van der Waals surface area contributed by atoms with Crippen molar-refractivity contribution in [1.29, 1.82) is 0 Å². The molecule has 0 N–H and O–H groups in total. The predicted octanol–water partition coefficient (Wildman–Crippen LogP) is 4.20. The van der Waals surface area contributed by atoms with Crippen molar-refractivity contribution < 1.29 is 9.18 Å². The van der Waals surface area contributed by atoms with Gasteiger partial charge in [-0.1, -0.05) is 42.1 Å². The topological polar surface area (TPSA) is 76.3 Å². The number of nitrogens with zero attached hydrogens (tertiary/aromatic N) is 6. The van der Waals surface area contributed by atoms with Crippen LogP contribution in [0.15, 0.2) is 89.4 Å². The number of rotatable bonds is 6. The van der Waals surface area contributed by atoms with Gasteiger partial charge in [-0.2, -0.15) is 5.10 Å². The smallest absolute Gasteiger partial charge is 0.253 e. The maximum Gasteiger partial charge on any atom is 0.253 e. The van der Waals surface area contributed by atoms with Gasteiger partial charge in [0.1, 0.15) is 5.82 Å². The van der Waals surface area contributed by atoms with Gasteiger partial charge in [-0.3, -0.25) is 14.3 Å². The Morgan fingerprint density at radius 1 is 0.939 bits per heavy atom. The Labute approximate surface area is 194 Å². The summed E-state index contributed by atoms with van der Waals surface area (Å²) >= 11 is 1.27. The molecule has 5 rings (SSSR count). The van der Waals surface area contributed by atoms with Crippen LogP contribution in [-0.4, -0.2) is 48.7 Å². The molecule has 0 radical (unpaired) electrons. The second-order valence-corrected chi connectivity index (χ2v) is 8.26. The highest BCUT2D eigenvalue weighted by atomic mass is 32.2. The number of amides is 1. The highest BCUT2D eigenvalue weighted by molar-refractivity contribution is 7.99. The minimum atomic E-state index is -0.331. The third-order valence-electron chi connectivity index (χ3n) is 5.18. The zero-order chi connectivity index (χ0) is 22.6. The maximum atomic E-state index is 13.5. The number of carbonyl (C=O) groups is 1. The van der Waals surface area contributed by atoms with Gasteiger partial charge in [0.25, 0.3) is 5.91 Å². The van der Waals surface area contributed by atoms with Crippen molar-refractivity contribution in [3.8, 4) is 17.1 Å². The molecule has 0 spiro atoms. The van der Waals surface area contributed by atoms with Crippen LogP contribution in [0.5, 0.6) is 0 Å². The van der Waals surface area contributed by atoms with Gasteiger partial charge in [-0.25, -0.2) is 9.40 Å². The zero-order valence-corrected chi connectivity index (χ0v) is 18.3. The number of hydrazone groups is 1. The lowest BCUT2D eigenvalue weighted by molar-refractivity contribution is -0.127. The van der Waals surface area contributed by atoms with E-state index in [-0.39, 0.29) is 17.5 Å². The Kier molecular flexibility index (Phi) is 5.95. The van der Waals surface area contributed by atoms with Crippen molar-refractivity contribution in [3.05, 3.63) is 90.5 Å². The van der Waals surface area contributed by atoms with E-state index in [2.05, 4.69) is 20.3 Å². The Morgan fingerprint density at radius 2 is 1.70 bits per heavy atom. The average Bonchev–Trinajstić information content (AvgIpc) is 3.52. The van der Waals surface area contributed by atoms with Gasteiger partial charge in [0.05, 0.1) is 18.0 Å². The minimum absolute atomic E-state index is 0.106. The number of thioether (sulfide) groups is 1. The van der Waals surface area contributed by atoms with Crippen LogP contribution in [0.4, 0.5) is 4.39 Å². The molecule has 1 aliphatic rings. The van der Waals surface area contributed by atoms with E-state index in [1.165, 1.54) is 28.9 Å². The van der Waals surface area contributed by atoms with Crippen molar-refractivity contribution in [2.24, 2.45) is 5.10 Å². The predicted molar refractivity (Wildman–Crippen MR) is 125 cm³/mol. The van der Waals surface area contributed by atoms with Gasteiger partial charge in [0, 0.05) is 30.1 Å². The van der Waals surface area contributed by atoms with E-state index < -0.39 is 0 Å². The first-order chi connectivity index (χ1) is 16.2. The van der Waals surface area contributed by atoms with Gasteiger partial charge < -0.3 is 0 Å². The first-order valence-corrected chi connectivity index (χ1v) is 11.4. The standard InChI is InChI=1S/C24H19FN6OS/c25-19-6-8-20(9-7-19)31-23(18-10-13-26-14-11-18)27-28-24(31)33-16-22(32)30-15-12-21(29-30)17-4-2-1-3-5-17/h1-11,13-14H,12,15-16H2. The SMILES string of the molecule is O=C(CSc1nnc(-c2ccncc2)n1-c1ccc(F)cc1)N1CCC(c2ccccc2)=N1. The Hall–Kier alpha value is -3.85. The second kappa shape index (κ2) is 9.33. The third kappa shape index (κ3) is 4.54. The number of pyridine rings is 1. The van der Waals surface area contributed by atoms with E-state index in [0.29, 0.717) is 23.2 Å². The number of benzene rings is 2. The molecule has 0 atom stereocenters. The molecular formula is C24H19FN6OS. The monoisotopic (exact) mass is 458 g/mol. The van der Waals surface area contributed by atoms with Gasteiger partial charge >= 0.3 is 0 Å². The molecule has 4 aromatic rings. The molecule has 2 aromatic heterocycles. The van der Waals surface area contributed by atoms with Crippen molar-refractivity contribution in [1.82, 2.24) is 24.8 Å². The summed E-state index contributed by atoms with van der Waals surface area (Å²) in [6.07, 6.45) is 4.06. The fourth-order valence-corrected chi connectivity index (χ4v) is 4.37. The minimum Gasteiger partial charge on any atom is -0.272 e. The number of aromatic nitrogens is 4. The van der Waals surface area contributed by atoms with Crippen LogP contribution in [0, 0.1) is 5.82 Å². The summed E-state index contributed by atoms with van der Waals surface area (Å²) in [5, 5.41) is 15.2. The van der Waals surface area contributed by atoms with Crippen molar-refractivity contribution in [3.63, 3.8) is 0 Å². The van der Waals surface area contributed by atoms with Crippen LogP contribution >= 0.6 is 11.8 Å². The van der Waals surface area contributed by atoms with Crippen molar-refractivity contribution in [2.75, 3.05) is 12.3 Å². The van der Waals surface area contributed by atoms with Gasteiger partial charge in [0.2, 0.25) is 0 Å². The highest BCUT2D eigenvalue weighted by Gasteiger charge is 2.23. The summed E-state index contributed by atoms with van der Waals surface area (Å²) in [6, 6.07) is 19.6. The first kappa shape index (κ1) is 21.0. The van der Waals surface area contributed by atoms with Crippen LogP contribution in [0.25, 0.3) is 17.1 Å². The summed E-state index contributed by atoms with van der Waals surface area (Å²) in [7, 11) is 0. The van der Waals surface area contributed by atoms with Crippen LogP contribution in [-0.2, 0) is 4.79 Å². The van der Waals surface area contributed by atoms with E-state index >= 15 is 0 Å². The number of carbonyl (C=O) groups excluding carboxylic acids is 1. The molecule has 0 unspecified atom stereocenters. The third-order valence-corrected chi connectivity index (χ3v) is 6.09. The molecule has 7 nitrogen and oxygen atoms in total. The fraction of sp³-hybridized carbons (Fsp3) is 0.125. The molecule has 0 bridgehead atoms. The summed E-state index contributed by atoms with van der Waals surface area (Å²) < 4.78 is 15.3. The molecule has 164 valence electrons. The van der Waals surface area contributed by atoms with Gasteiger partial charge in [-0.05, 0) is 42.0 Å². The van der Waals surface area contributed by atoms with E-state index in [4.69, 9.17) is 0 Å². The molecule has 1 aliphatic heterocycles. The lowest BCUT2D eigenvalue weighted by Crippen LogP contribution is -2.25. The number of hydrogen-bond donors (Lipinski definition) is 0. The molecule has 33 heavy (non-hydrogen) atoms. The molecule has 0 saturated heterocycles. The Morgan fingerprint density at radius 3 is 2.45 bits per heavy atom. The van der Waals surface area contributed by atoms with Crippen molar-refractivity contribution >= 4 is 23.4 Å². The molecule has 9 heteroatoms. The average molecular weight is 459 g/mol. The van der Waals surface area contributed by atoms with Crippen LogP contribution in [0.1, 0.15) is 12.0 Å². The van der Waals surface area contributed by atoms with E-state index in [0.717, 1.165) is 23.3 Å². The molecular weight excluding hydrogens is 439 g/mol. The van der Waals surface area contributed by atoms with Crippen molar-refractivity contribution in [2.45, 2.75) is 11.6 Å². The zero-order valence-electron chi connectivity index (χ0n) is 17.5. The lowest BCUT2D eigenvalue weighted by Gasteiger charge is -2.12. The summed E-state index contributed by atoms with van der Waals surface area (Å²) in [5.74, 6) is 0.304. The van der Waals surface area contributed by atoms with E-state index in [9.17, 15) is 9.18 Å². The summed E-state index contributed by atoms with van der Waals surface area (Å²) in [5.41, 5.74) is 3.45. The fourth-order valence-electron chi connectivity index (χ4n) is 3.55. The van der Waals surface area contributed by atoms with Crippen LogP contribution in [0.3, 0.4) is 0 Å². The highest BCUT2D eigenvalue weighted by Crippen LogP contribution is 2.28. The summed E-state index contributed by atoms with van der Waals surface area (Å²) in [4.78, 5) is 16.9. The lowest BCUT2D eigenvalue weighted by atomic mass is 10.1. The molecule has 3 heterocycles. The summed E-state index contributed by atoms with van der Waals surface area (Å²) in [6.45, 7) is 0.552. The maximum absolute atomic E-state index is 13.5. The molecule has 1 amide bonds. The van der Waals surface area contributed by atoms with E-state index in [1.54, 1.807) is 24.5 Å². The number of hydrogen-bond acceptors (Lipinski definition) is 6. The van der Waals surface area contributed by atoms with E-state index in [1.807, 2.05) is 47.0 Å². The van der Waals surface area contributed by atoms with Gasteiger partial charge in [0.15, 0.2) is 11.0 Å².